The van der Waals surface area contributed by atoms with Gasteiger partial charge in [-0.2, -0.15) is 0 Å². The van der Waals surface area contributed by atoms with E-state index in [1.165, 1.54) is 6.08 Å². The lowest BCUT2D eigenvalue weighted by Gasteiger charge is -2.10. The highest BCUT2D eigenvalue weighted by Gasteiger charge is 2.15. The van der Waals surface area contributed by atoms with Gasteiger partial charge in [0, 0.05) is 6.07 Å². The van der Waals surface area contributed by atoms with Crippen molar-refractivity contribution in [2.45, 2.75) is 12.5 Å². The van der Waals surface area contributed by atoms with Gasteiger partial charge in [-0.15, -0.1) is 6.58 Å². The summed E-state index contributed by atoms with van der Waals surface area (Å²) in [6.07, 6.45) is 1.72. The van der Waals surface area contributed by atoms with Gasteiger partial charge in [-0.05, 0) is 12.5 Å². The Kier molecular flexibility index (Phi) is 4.50. The lowest BCUT2D eigenvalue weighted by atomic mass is 10.2. The maximum absolute atomic E-state index is 13.1. The Morgan fingerprint density at radius 2 is 2.28 bits per heavy atom. The molecule has 0 aliphatic rings. The normalized spacial score (nSPS) is 11.7. The fraction of sp³-hybridized carbons (Fsp3) is 0.182. The first kappa shape index (κ1) is 13.8. The van der Waals surface area contributed by atoms with Gasteiger partial charge >= 0.3 is 0 Å². The van der Waals surface area contributed by atoms with Gasteiger partial charge in [0.05, 0.1) is 22.7 Å². The van der Waals surface area contributed by atoms with Crippen LogP contribution in [0.4, 0.5) is 15.8 Å². The number of nitrogens with zero attached hydrogens (tertiary/aromatic N) is 1. The number of rotatable bonds is 5. The van der Waals surface area contributed by atoms with Gasteiger partial charge in [-0.1, -0.05) is 6.08 Å². The first-order valence-electron chi connectivity index (χ1n) is 5.06. The molecule has 1 aromatic rings. The van der Waals surface area contributed by atoms with Crippen LogP contribution in [-0.4, -0.2) is 16.9 Å². The number of nitro groups is 1. The third-order valence-corrected chi connectivity index (χ3v) is 2.12. The Balaban J connectivity index is 2.87. The average Bonchev–Trinajstić information content (AvgIpc) is 2.28. The Hall–Kier alpha value is -2.28. The highest BCUT2D eigenvalue weighted by molar-refractivity contribution is 5.95. The summed E-state index contributed by atoms with van der Waals surface area (Å²) < 4.78 is 13.1. The molecule has 0 fully saturated rings. The van der Waals surface area contributed by atoms with Crippen LogP contribution in [0.5, 0.6) is 0 Å². The SMILES string of the molecule is C=CCC(N)C(=O)Nc1cc(F)cc([N+](=O)[O-])c1. The lowest BCUT2D eigenvalue weighted by Crippen LogP contribution is -2.35. The van der Waals surface area contributed by atoms with E-state index in [4.69, 9.17) is 5.73 Å². The number of carbonyl (C=O) groups excluding carboxylic acids is 1. The molecule has 0 aliphatic heterocycles. The van der Waals surface area contributed by atoms with Crippen molar-refractivity contribution in [2.24, 2.45) is 5.73 Å². The number of benzene rings is 1. The zero-order valence-electron chi connectivity index (χ0n) is 9.43. The molecule has 3 N–H and O–H groups in total. The molecule has 0 radical (unpaired) electrons. The van der Waals surface area contributed by atoms with Gasteiger partial charge in [0.2, 0.25) is 5.91 Å². The van der Waals surface area contributed by atoms with Crippen LogP contribution >= 0.6 is 0 Å². The molecule has 0 saturated carbocycles. The summed E-state index contributed by atoms with van der Waals surface area (Å²) in [4.78, 5) is 21.3. The summed E-state index contributed by atoms with van der Waals surface area (Å²) >= 11 is 0. The summed E-state index contributed by atoms with van der Waals surface area (Å²) in [7, 11) is 0. The molecule has 1 amide bonds. The van der Waals surface area contributed by atoms with Crippen LogP contribution < -0.4 is 11.1 Å². The zero-order chi connectivity index (χ0) is 13.7. The minimum atomic E-state index is -0.829. The van der Waals surface area contributed by atoms with Gasteiger partial charge in [-0.3, -0.25) is 14.9 Å². The molecular weight excluding hydrogens is 241 g/mol. The van der Waals surface area contributed by atoms with Crippen LogP contribution in [0.2, 0.25) is 0 Å². The number of amides is 1. The van der Waals surface area contributed by atoms with Crippen molar-refractivity contribution in [3.05, 3.63) is 46.8 Å². The van der Waals surface area contributed by atoms with Crippen molar-refractivity contribution in [3.63, 3.8) is 0 Å². The summed E-state index contributed by atoms with van der Waals surface area (Å²) in [5.41, 5.74) is 5.05. The highest BCUT2D eigenvalue weighted by Crippen LogP contribution is 2.20. The third-order valence-electron chi connectivity index (χ3n) is 2.12. The van der Waals surface area contributed by atoms with Gasteiger partial charge in [0.15, 0.2) is 0 Å². The number of nitrogens with one attached hydrogen (secondary N) is 1. The fourth-order valence-electron chi connectivity index (χ4n) is 1.27. The van der Waals surface area contributed by atoms with E-state index in [2.05, 4.69) is 11.9 Å². The fourth-order valence-corrected chi connectivity index (χ4v) is 1.27. The first-order chi connectivity index (χ1) is 8.43. The molecule has 1 aromatic carbocycles. The molecule has 1 atom stereocenters. The van der Waals surface area contributed by atoms with Crippen LogP contribution in [-0.2, 0) is 4.79 Å². The number of hydrogen-bond acceptors (Lipinski definition) is 4. The van der Waals surface area contributed by atoms with Crippen molar-refractivity contribution in [2.75, 3.05) is 5.32 Å². The van der Waals surface area contributed by atoms with Crippen molar-refractivity contribution in [3.8, 4) is 0 Å². The van der Waals surface area contributed by atoms with E-state index in [0.29, 0.717) is 0 Å². The first-order valence-corrected chi connectivity index (χ1v) is 5.06. The van der Waals surface area contributed by atoms with Gasteiger partial charge < -0.3 is 11.1 Å². The largest absolute Gasteiger partial charge is 0.324 e. The molecule has 0 aliphatic carbocycles. The number of nitro benzene ring substituents is 1. The summed E-state index contributed by atoms with van der Waals surface area (Å²) in [6.45, 7) is 3.43. The van der Waals surface area contributed by atoms with Gasteiger partial charge in [0.25, 0.3) is 5.69 Å². The molecule has 0 heterocycles. The molecule has 0 aromatic heterocycles. The lowest BCUT2D eigenvalue weighted by molar-refractivity contribution is -0.385. The van der Waals surface area contributed by atoms with Gasteiger partial charge in [-0.25, -0.2) is 4.39 Å². The number of halogens is 1. The number of anilines is 1. The molecule has 18 heavy (non-hydrogen) atoms. The standard InChI is InChI=1S/C11H12FN3O3/c1-2-3-10(13)11(16)14-8-4-7(12)5-9(6-8)15(17)18/h2,4-6,10H,1,3,13H2,(H,14,16). The second-order valence-corrected chi connectivity index (χ2v) is 3.58. The quantitative estimate of drug-likeness (QED) is 0.472. The van der Waals surface area contributed by atoms with Gasteiger partial charge in [0.1, 0.15) is 5.82 Å². The highest BCUT2D eigenvalue weighted by atomic mass is 19.1. The summed E-state index contributed by atoms with van der Waals surface area (Å²) in [5, 5.41) is 12.8. The van der Waals surface area contributed by atoms with Crippen LogP contribution in [0, 0.1) is 15.9 Å². The average molecular weight is 253 g/mol. The van der Waals surface area contributed by atoms with Crippen molar-refractivity contribution in [1.29, 1.82) is 0 Å². The minimum absolute atomic E-state index is 0.00814. The molecule has 0 bridgehead atoms. The van der Waals surface area contributed by atoms with E-state index >= 15 is 0 Å². The third kappa shape index (κ3) is 3.63. The predicted octanol–water partition coefficient (Wildman–Crippen LogP) is 1.58. The van der Waals surface area contributed by atoms with E-state index in [1.54, 1.807) is 0 Å². The summed E-state index contributed by atoms with van der Waals surface area (Å²) in [5.74, 6) is -1.37. The molecule has 1 rings (SSSR count). The van der Waals surface area contributed by atoms with Crippen LogP contribution in [0.15, 0.2) is 30.9 Å². The maximum Gasteiger partial charge on any atom is 0.274 e. The number of carbonyl (C=O) groups is 1. The second kappa shape index (κ2) is 5.87. The van der Waals surface area contributed by atoms with Crippen molar-refractivity contribution < 1.29 is 14.1 Å². The number of hydrogen-bond donors (Lipinski definition) is 2. The van der Waals surface area contributed by atoms with Crippen LogP contribution in [0.1, 0.15) is 6.42 Å². The maximum atomic E-state index is 13.1. The Bertz CT molecular complexity index is 490. The van der Waals surface area contributed by atoms with E-state index in [9.17, 15) is 19.3 Å². The summed E-state index contributed by atoms with van der Waals surface area (Å²) in [6, 6.07) is 1.97. The molecule has 7 heteroatoms. The second-order valence-electron chi connectivity index (χ2n) is 3.58. The van der Waals surface area contributed by atoms with Crippen molar-refractivity contribution >= 4 is 17.3 Å². The Morgan fingerprint density at radius 1 is 1.61 bits per heavy atom. The predicted molar refractivity (Wildman–Crippen MR) is 64.5 cm³/mol. The van der Waals surface area contributed by atoms with Crippen LogP contribution in [0.3, 0.4) is 0 Å². The Labute approximate surface area is 102 Å². The molecule has 1 unspecified atom stereocenters. The zero-order valence-corrected chi connectivity index (χ0v) is 9.43. The van der Waals surface area contributed by atoms with E-state index in [0.717, 1.165) is 18.2 Å². The number of non-ortho nitro benzene ring substituents is 1. The molecule has 96 valence electrons. The Morgan fingerprint density at radius 3 is 2.83 bits per heavy atom. The smallest absolute Gasteiger partial charge is 0.274 e. The minimum Gasteiger partial charge on any atom is -0.324 e. The monoisotopic (exact) mass is 253 g/mol. The van der Waals surface area contributed by atoms with Crippen LogP contribution in [0.25, 0.3) is 0 Å². The van der Waals surface area contributed by atoms with E-state index in [-0.39, 0.29) is 12.1 Å². The van der Waals surface area contributed by atoms with E-state index < -0.39 is 28.4 Å². The molecular formula is C11H12FN3O3. The topological polar surface area (TPSA) is 98.3 Å². The van der Waals surface area contributed by atoms with Crippen molar-refractivity contribution in [1.82, 2.24) is 0 Å². The number of nitrogens with two attached hydrogens (primary N) is 1. The molecule has 0 saturated heterocycles. The van der Waals surface area contributed by atoms with E-state index in [1.807, 2.05) is 0 Å². The molecule has 6 nitrogen and oxygen atoms in total. The molecule has 0 spiro atoms.